The van der Waals surface area contributed by atoms with Crippen molar-refractivity contribution in [1.82, 2.24) is 14.1 Å². The van der Waals surface area contributed by atoms with Gasteiger partial charge in [0.2, 0.25) is 11.5 Å². The number of phenolic OH excluding ortho intramolecular Hbond substituents is 4. The molecule has 0 aliphatic heterocycles. The predicted molar refractivity (Wildman–Crippen MR) is 145 cm³/mol. The highest BCUT2D eigenvalue weighted by atomic mass is 16.3. The monoisotopic (exact) mass is 483 g/mol. The fraction of sp³-hybridized carbons (Fsp3) is 0. The van der Waals surface area contributed by atoms with Crippen molar-refractivity contribution in [3.8, 4) is 34.4 Å². The molecule has 0 atom stereocenters. The Labute approximate surface area is 211 Å². The van der Waals surface area contributed by atoms with E-state index in [0.717, 1.165) is 32.9 Å². The highest BCUT2D eigenvalue weighted by Crippen LogP contribution is 2.47. The first-order valence-corrected chi connectivity index (χ1v) is 11.6. The Morgan fingerprint density at radius 2 is 1.16 bits per heavy atom. The molecule has 2 radical (unpaired) electrons. The second-order valence-corrected chi connectivity index (χ2v) is 8.92. The summed E-state index contributed by atoms with van der Waals surface area (Å²) in [7, 11) is 6.27. The standard InChI is InChI=1S/C29H18BN3O4/c30-21-24(27(35)29(37)28(36)26(21)34)33-20-13-7-5-11-17(20)22-25(33)23-18(14-31-22)16-10-4-6-12-19(16)32(23)15-8-2-1-3-9-15/h1-14,34-37H. The molecule has 3 heterocycles. The molecule has 8 heteroatoms. The highest BCUT2D eigenvalue weighted by molar-refractivity contribution is 6.38. The summed E-state index contributed by atoms with van der Waals surface area (Å²) in [5.41, 5.74) is 4.26. The summed E-state index contributed by atoms with van der Waals surface area (Å²) in [6.45, 7) is 0. The van der Waals surface area contributed by atoms with Crippen molar-refractivity contribution < 1.29 is 20.4 Å². The van der Waals surface area contributed by atoms with Gasteiger partial charge < -0.3 is 29.6 Å². The number of hydrogen-bond acceptors (Lipinski definition) is 5. The van der Waals surface area contributed by atoms with E-state index in [1.807, 2.05) is 85.1 Å². The summed E-state index contributed by atoms with van der Waals surface area (Å²) in [4.78, 5) is 4.83. The van der Waals surface area contributed by atoms with E-state index in [2.05, 4.69) is 4.57 Å². The molecule has 0 saturated carbocycles. The molecule has 7 rings (SSSR count). The van der Waals surface area contributed by atoms with Crippen LogP contribution in [-0.4, -0.2) is 42.4 Å². The first kappa shape index (κ1) is 21.2. The largest absolute Gasteiger partial charge is 0.505 e. The molecule has 0 aliphatic rings. The maximum absolute atomic E-state index is 11.0. The van der Waals surface area contributed by atoms with Gasteiger partial charge in [0.25, 0.3) is 0 Å². The number of benzene rings is 4. The van der Waals surface area contributed by atoms with Crippen LogP contribution in [0.1, 0.15) is 0 Å². The number of para-hydroxylation sites is 3. The van der Waals surface area contributed by atoms with Crippen molar-refractivity contribution in [2.24, 2.45) is 0 Å². The van der Waals surface area contributed by atoms with Crippen LogP contribution in [0.4, 0.5) is 0 Å². The summed E-state index contributed by atoms with van der Waals surface area (Å²) < 4.78 is 3.80. The lowest BCUT2D eigenvalue weighted by atomic mass is 9.91. The van der Waals surface area contributed by atoms with Gasteiger partial charge in [0.05, 0.1) is 33.3 Å². The molecule has 7 nitrogen and oxygen atoms in total. The molecule has 7 aromatic rings. The maximum atomic E-state index is 11.0. The van der Waals surface area contributed by atoms with Crippen molar-refractivity contribution in [3.63, 3.8) is 0 Å². The van der Waals surface area contributed by atoms with Crippen LogP contribution >= 0.6 is 0 Å². The topological polar surface area (TPSA) is 104 Å². The van der Waals surface area contributed by atoms with Crippen LogP contribution in [0.2, 0.25) is 0 Å². The van der Waals surface area contributed by atoms with Gasteiger partial charge in [-0.3, -0.25) is 4.98 Å². The van der Waals surface area contributed by atoms with E-state index in [9.17, 15) is 20.4 Å². The number of rotatable bonds is 2. The molecule has 4 aromatic carbocycles. The smallest absolute Gasteiger partial charge is 0.206 e. The minimum Gasteiger partial charge on any atom is -0.505 e. The Morgan fingerprint density at radius 1 is 0.568 bits per heavy atom. The van der Waals surface area contributed by atoms with Crippen molar-refractivity contribution in [1.29, 1.82) is 0 Å². The highest BCUT2D eigenvalue weighted by Gasteiger charge is 2.27. The van der Waals surface area contributed by atoms with E-state index in [1.54, 1.807) is 4.57 Å². The van der Waals surface area contributed by atoms with Gasteiger partial charge in [0.1, 0.15) is 7.85 Å². The summed E-state index contributed by atoms with van der Waals surface area (Å²) in [6.07, 6.45) is 1.84. The fourth-order valence-electron chi connectivity index (χ4n) is 5.34. The van der Waals surface area contributed by atoms with Crippen LogP contribution in [-0.2, 0) is 0 Å². The van der Waals surface area contributed by atoms with Gasteiger partial charge in [0, 0.05) is 28.0 Å². The van der Waals surface area contributed by atoms with Crippen LogP contribution in [0.3, 0.4) is 0 Å². The quantitative estimate of drug-likeness (QED) is 0.159. The summed E-state index contributed by atoms with van der Waals surface area (Å²) in [5, 5.41) is 44.7. The molecule has 37 heavy (non-hydrogen) atoms. The number of hydrogen-bond donors (Lipinski definition) is 4. The maximum Gasteiger partial charge on any atom is 0.206 e. The first-order valence-electron chi connectivity index (χ1n) is 11.6. The molecule has 176 valence electrons. The van der Waals surface area contributed by atoms with Crippen molar-refractivity contribution >= 4 is 57.1 Å². The van der Waals surface area contributed by atoms with Crippen molar-refractivity contribution in [3.05, 3.63) is 85.1 Å². The SMILES string of the molecule is [B]c1c(O)c(O)c(O)c(O)c1-n1c2ccccc2c2ncc3c4ccccc4n(-c4ccccc4)c3c21. The molecule has 0 saturated heterocycles. The molecule has 0 spiro atoms. The van der Waals surface area contributed by atoms with Gasteiger partial charge in [-0.25, -0.2) is 0 Å². The van der Waals surface area contributed by atoms with Crippen molar-refractivity contribution in [2.45, 2.75) is 0 Å². The number of fused-ring (bicyclic) bond motifs is 7. The van der Waals surface area contributed by atoms with Crippen molar-refractivity contribution in [2.75, 3.05) is 0 Å². The molecule has 0 unspecified atom stereocenters. The third-order valence-corrected chi connectivity index (χ3v) is 6.95. The van der Waals surface area contributed by atoms with Crippen LogP contribution < -0.4 is 5.46 Å². The van der Waals surface area contributed by atoms with E-state index in [4.69, 9.17) is 12.8 Å². The first-order chi connectivity index (χ1) is 18.0. The average Bonchev–Trinajstić information content (AvgIpc) is 3.45. The average molecular weight is 483 g/mol. The van der Waals surface area contributed by atoms with Crippen LogP contribution in [0.15, 0.2) is 85.1 Å². The number of aromatic nitrogens is 3. The molecular weight excluding hydrogens is 465 g/mol. The molecular formula is C29H18BN3O4. The predicted octanol–water partition coefficient (Wildman–Crippen LogP) is 4.89. The number of phenols is 4. The van der Waals surface area contributed by atoms with E-state index in [1.165, 1.54) is 0 Å². The lowest BCUT2D eigenvalue weighted by molar-refractivity contribution is 0.347. The summed E-state index contributed by atoms with van der Waals surface area (Å²) >= 11 is 0. The summed E-state index contributed by atoms with van der Waals surface area (Å²) in [5.74, 6) is -3.13. The Morgan fingerprint density at radius 3 is 1.89 bits per heavy atom. The van der Waals surface area contributed by atoms with E-state index in [-0.39, 0.29) is 11.2 Å². The lowest BCUT2D eigenvalue weighted by Gasteiger charge is -2.18. The summed E-state index contributed by atoms with van der Waals surface area (Å²) in [6, 6.07) is 25.4. The van der Waals surface area contributed by atoms with E-state index < -0.39 is 23.0 Å². The molecule has 0 fully saturated rings. The third-order valence-electron chi connectivity index (χ3n) is 6.95. The third kappa shape index (κ3) is 2.69. The minimum atomic E-state index is -0.888. The van der Waals surface area contributed by atoms with Gasteiger partial charge in [-0.2, -0.15) is 0 Å². The van der Waals surface area contributed by atoms with Gasteiger partial charge in [-0.15, -0.1) is 0 Å². The Kier molecular flexibility index (Phi) is 4.27. The second kappa shape index (κ2) is 7.45. The Balaban J connectivity index is 1.81. The Hall–Kier alpha value is -5.11. The molecule has 4 N–H and O–H groups in total. The second-order valence-electron chi connectivity index (χ2n) is 8.92. The van der Waals surface area contributed by atoms with Crippen LogP contribution in [0.25, 0.3) is 55.1 Å². The fourth-order valence-corrected chi connectivity index (χ4v) is 5.34. The normalized spacial score (nSPS) is 11.8. The molecule has 3 aromatic heterocycles. The van der Waals surface area contributed by atoms with Gasteiger partial charge in [0.15, 0.2) is 11.5 Å². The number of pyridine rings is 1. The van der Waals surface area contributed by atoms with E-state index in [0.29, 0.717) is 16.6 Å². The molecule has 0 amide bonds. The Bertz CT molecular complexity index is 2020. The zero-order valence-corrected chi connectivity index (χ0v) is 19.3. The lowest BCUT2D eigenvalue weighted by Crippen LogP contribution is -2.14. The van der Waals surface area contributed by atoms with E-state index >= 15 is 0 Å². The van der Waals surface area contributed by atoms with Gasteiger partial charge >= 0.3 is 0 Å². The zero-order valence-electron chi connectivity index (χ0n) is 19.3. The minimum absolute atomic E-state index is 0.0573. The number of aromatic hydroxyl groups is 4. The van der Waals surface area contributed by atoms with Crippen LogP contribution in [0.5, 0.6) is 23.0 Å². The van der Waals surface area contributed by atoms with Gasteiger partial charge in [-0.05, 0) is 29.7 Å². The molecule has 0 bridgehead atoms. The molecule has 0 aliphatic carbocycles. The number of nitrogens with zero attached hydrogens (tertiary/aromatic N) is 3. The van der Waals surface area contributed by atoms with Crippen LogP contribution in [0, 0.1) is 0 Å². The zero-order chi connectivity index (χ0) is 25.4. The van der Waals surface area contributed by atoms with Gasteiger partial charge in [-0.1, -0.05) is 54.6 Å².